The highest BCUT2D eigenvalue weighted by Crippen LogP contribution is 2.45. The van der Waals surface area contributed by atoms with E-state index < -0.39 is 5.60 Å². The van der Waals surface area contributed by atoms with E-state index in [1.165, 1.54) is 19.3 Å². The number of carbonyl (C=O) groups is 1. The molecule has 1 aliphatic heterocycles. The van der Waals surface area contributed by atoms with Gasteiger partial charge in [-0.05, 0) is 31.7 Å². The quantitative estimate of drug-likeness (QED) is 0.412. The molecule has 0 aromatic heterocycles. The van der Waals surface area contributed by atoms with E-state index in [4.69, 9.17) is 4.74 Å². The number of esters is 1. The van der Waals surface area contributed by atoms with Crippen molar-refractivity contribution in [1.82, 2.24) is 0 Å². The second kappa shape index (κ2) is 6.74. The summed E-state index contributed by atoms with van der Waals surface area (Å²) in [6.07, 6.45) is 9.98. The Morgan fingerprint density at radius 2 is 1.95 bits per heavy atom. The molecule has 0 spiro atoms. The molecule has 1 fully saturated rings. The van der Waals surface area contributed by atoms with Crippen LogP contribution in [0.25, 0.3) is 0 Å². The van der Waals surface area contributed by atoms with Crippen LogP contribution in [0, 0.1) is 5.92 Å². The van der Waals surface area contributed by atoms with Gasteiger partial charge in [0.05, 0.1) is 0 Å². The number of ether oxygens (including phenoxy) is 1. The predicted molar refractivity (Wildman–Crippen MR) is 81.3 cm³/mol. The molecule has 1 heterocycles. The Bertz CT molecular complexity index is 464. The maximum absolute atomic E-state index is 11.7. The molecule has 1 aliphatic rings. The van der Waals surface area contributed by atoms with E-state index >= 15 is 0 Å². The summed E-state index contributed by atoms with van der Waals surface area (Å²) in [4.78, 5) is 11.7. The average Bonchev–Trinajstić information content (AvgIpc) is 2.47. The highest BCUT2D eigenvalue weighted by atomic mass is 16.6. The van der Waals surface area contributed by atoms with Crippen molar-refractivity contribution in [3.8, 4) is 0 Å². The molecular weight excluding hydrogens is 248 g/mol. The lowest BCUT2D eigenvalue weighted by Crippen LogP contribution is -2.52. The first kappa shape index (κ1) is 14.8. The van der Waals surface area contributed by atoms with Crippen LogP contribution < -0.4 is 0 Å². The van der Waals surface area contributed by atoms with E-state index in [2.05, 4.69) is 19.1 Å². The molecule has 1 saturated heterocycles. The number of unbranched alkanes of at least 4 members (excludes halogenated alkanes) is 3. The Hall–Kier alpha value is -1.57. The molecule has 2 rings (SSSR count). The molecule has 0 amide bonds. The van der Waals surface area contributed by atoms with Gasteiger partial charge in [0, 0.05) is 0 Å². The largest absolute Gasteiger partial charge is 0.453 e. The number of carbonyl (C=O) groups excluding carboxylic acids is 1. The Morgan fingerprint density at radius 3 is 2.60 bits per heavy atom. The third-order valence-electron chi connectivity index (χ3n) is 4.12. The Balaban J connectivity index is 1.91. The van der Waals surface area contributed by atoms with E-state index in [0.717, 1.165) is 18.4 Å². The lowest BCUT2D eigenvalue weighted by atomic mass is 9.76. The summed E-state index contributed by atoms with van der Waals surface area (Å²) in [5, 5.41) is 0. The molecule has 108 valence electrons. The molecule has 0 N–H and O–H groups in total. The van der Waals surface area contributed by atoms with Crippen molar-refractivity contribution in [2.45, 2.75) is 51.6 Å². The third kappa shape index (κ3) is 3.12. The minimum Gasteiger partial charge on any atom is -0.453 e. The zero-order chi connectivity index (χ0) is 14.4. The number of cyclic esters (lactones) is 1. The van der Waals surface area contributed by atoms with Crippen molar-refractivity contribution in [3.63, 3.8) is 0 Å². The predicted octanol–water partition coefficient (Wildman–Crippen LogP) is 4.60. The fourth-order valence-corrected chi connectivity index (χ4v) is 2.73. The number of rotatable bonds is 7. The second-order valence-corrected chi connectivity index (χ2v) is 5.65. The van der Waals surface area contributed by atoms with Crippen molar-refractivity contribution in [3.05, 3.63) is 48.0 Å². The van der Waals surface area contributed by atoms with Gasteiger partial charge in [-0.2, -0.15) is 0 Å². The number of hydrogen-bond donors (Lipinski definition) is 0. The van der Waals surface area contributed by atoms with E-state index in [1.807, 2.05) is 37.3 Å². The summed E-state index contributed by atoms with van der Waals surface area (Å²) >= 11 is 0. The maximum Gasteiger partial charge on any atom is 0.314 e. The van der Waals surface area contributed by atoms with E-state index in [0.29, 0.717) is 0 Å². The Labute approximate surface area is 121 Å². The first-order valence-corrected chi connectivity index (χ1v) is 7.62. The standard InChI is InChI=1S/C18H24O2/c1-3-4-5-6-7-11-14-16-17(19)20-18(16,2)15-12-9-8-10-13-15/h7-13,16H,3-6,14H2,1-2H3/b11-7+. The van der Waals surface area contributed by atoms with Gasteiger partial charge in [0.25, 0.3) is 0 Å². The molecule has 20 heavy (non-hydrogen) atoms. The van der Waals surface area contributed by atoms with Crippen LogP contribution in [-0.2, 0) is 15.1 Å². The van der Waals surface area contributed by atoms with Gasteiger partial charge >= 0.3 is 5.97 Å². The van der Waals surface area contributed by atoms with Gasteiger partial charge in [-0.25, -0.2) is 0 Å². The molecule has 2 atom stereocenters. The van der Waals surface area contributed by atoms with Gasteiger partial charge in [-0.15, -0.1) is 0 Å². The molecule has 0 aliphatic carbocycles. The monoisotopic (exact) mass is 272 g/mol. The van der Waals surface area contributed by atoms with Crippen LogP contribution in [-0.4, -0.2) is 5.97 Å². The van der Waals surface area contributed by atoms with Crippen LogP contribution in [0.4, 0.5) is 0 Å². The fourth-order valence-electron chi connectivity index (χ4n) is 2.73. The molecule has 2 unspecified atom stereocenters. The van der Waals surface area contributed by atoms with Gasteiger partial charge in [0.1, 0.15) is 11.5 Å². The van der Waals surface area contributed by atoms with Gasteiger partial charge in [0.2, 0.25) is 0 Å². The summed E-state index contributed by atoms with van der Waals surface area (Å²) in [7, 11) is 0. The lowest BCUT2D eigenvalue weighted by Gasteiger charge is -2.45. The highest BCUT2D eigenvalue weighted by Gasteiger charge is 2.53. The van der Waals surface area contributed by atoms with Crippen LogP contribution in [0.5, 0.6) is 0 Å². The van der Waals surface area contributed by atoms with Crippen LogP contribution in [0.3, 0.4) is 0 Å². The third-order valence-corrected chi connectivity index (χ3v) is 4.12. The second-order valence-electron chi connectivity index (χ2n) is 5.65. The van der Waals surface area contributed by atoms with E-state index in [9.17, 15) is 4.79 Å². The topological polar surface area (TPSA) is 26.3 Å². The molecule has 0 radical (unpaired) electrons. The lowest BCUT2D eigenvalue weighted by molar-refractivity contribution is -0.211. The summed E-state index contributed by atoms with van der Waals surface area (Å²) in [5.41, 5.74) is 0.635. The maximum atomic E-state index is 11.7. The van der Waals surface area contributed by atoms with E-state index in [-0.39, 0.29) is 11.9 Å². The van der Waals surface area contributed by atoms with Crippen LogP contribution >= 0.6 is 0 Å². The first-order chi connectivity index (χ1) is 9.68. The van der Waals surface area contributed by atoms with Gasteiger partial charge in [-0.3, -0.25) is 4.79 Å². The molecule has 0 saturated carbocycles. The fraction of sp³-hybridized carbons (Fsp3) is 0.500. The molecule has 2 heteroatoms. The number of benzene rings is 1. The van der Waals surface area contributed by atoms with Crippen LogP contribution in [0.1, 0.15) is 51.5 Å². The van der Waals surface area contributed by atoms with E-state index in [1.54, 1.807) is 0 Å². The van der Waals surface area contributed by atoms with Gasteiger partial charge in [0.15, 0.2) is 0 Å². The molecule has 1 aromatic rings. The smallest absolute Gasteiger partial charge is 0.314 e. The zero-order valence-electron chi connectivity index (χ0n) is 12.5. The average molecular weight is 272 g/mol. The minimum absolute atomic E-state index is 0.0488. The van der Waals surface area contributed by atoms with Crippen molar-refractivity contribution in [1.29, 1.82) is 0 Å². The van der Waals surface area contributed by atoms with Crippen LogP contribution in [0.2, 0.25) is 0 Å². The normalized spacial score (nSPS) is 25.5. The summed E-state index contributed by atoms with van der Waals surface area (Å²) in [6.45, 7) is 4.22. The summed E-state index contributed by atoms with van der Waals surface area (Å²) in [6, 6.07) is 10.0. The molecule has 0 bridgehead atoms. The van der Waals surface area contributed by atoms with Gasteiger partial charge < -0.3 is 4.74 Å². The summed E-state index contributed by atoms with van der Waals surface area (Å²) in [5.74, 6) is -0.123. The van der Waals surface area contributed by atoms with Crippen molar-refractivity contribution in [2.75, 3.05) is 0 Å². The SMILES string of the molecule is CCCCC/C=C/CC1C(=O)OC1(C)c1ccccc1. The molecule has 1 aromatic carbocycles. The minimum atomic E-state index is -0.452. The molecular formula is C18H24O2. The van der Waals surface area contributed by atoms with Gasteiger partial charge in [-0.1, -0.05) is 62.2 Å². The summed E-state index contributed by atoms with van der Waals surface area (Å²) < 4.78 is 5.45. The molecule has 2 nitrogen and oxygen atoms in total. The zero-order valence-corrected chi connectivity index (χ0v) is 12.5. The highest BCUT2D eigenvalue weighted by molar-refractivity contribution is 5.81. The Morgan fingerprint density at radius 1 is 1.20 bits per heavy atom. The van der Waals surface area contributed by atoms with Crippen molar-refractivity contribution < 1.29 is 9.53 Å². The van der Waals surface area contributed by atoms with Crippen molar-refractivity contribution in [2.24, 2.45) is 5.92 Å². The Kier molecular flexibility index (Phi) is 4.99. The van der Waals surface area contributed by atoms with Crippen LogP contribution in [0.15, 0.2) is 42.5 Å². The number of allylic oxidation sites excluding steroid dienone is 2. The number of hydrogen-bond acceptors (Lipinski definition) is 2. The first-order valence-electron chi connectivity index (χ1n) is 7.62. The van der Waals surface area contributed by atoms with Crippen molar-refractivity contribution >= 4 is 5.97 Å².